The first-order valence-electron chi connectivity index (χ1n) is 11.7. The van der Waals surface area contributed by atoms with E-state index in [1.54, 1.807) is 30.3 Å². The number of hydrogen-bond acceptors (Lipinski definition) is 6. The summed E-state index contributed by atoms with van der Waals surface area (Å²) < 4.78 is 11.7. The predicted octanol–water partition coefficient (Wildman–Crippen LogP) is 4.93. The summed E-state index contributed by atoms with van der Waals surface area (Å²) in [6.45, 7) is 3.80. The number of aryl methyl sites for hydroxylation is 1. The lowest BCUT2D eigenvalue weighted by molar-refractivity contribution is -0.150. The van der Waals surface area contributed by atoms with E-state index in [2.05, 4.69) is 10.3 Å². The molecule has 2 N–H and O–H groups in total. The number of rotatable bonds is 11. The topological polar surface area (TPSA) is 102 Å². The Bertz CT molecular complexity index is 1300. The van der Waals surface area contributed by atoms with Crippen molar-refractivity contribution in [3.05, 3.63) is 108 Å². The number of carboxylic acids is 1. The summed E-state index contributed by atoms with van der Waals surface area (Å²) in [7, 11) is 0. The number of carbonyl (C=O) groups is 2. The van der Waals surface area contributed by atoms with Crippen molar-refractivity contribution >= 4 is 11.8 Å². The van der Waals surface area contributed by atoms with Crippen molar-refractivity contribution in [1.82, 2.24) is 10.3 Å². The Balaban J connectivity index is 1.36. The Morgan fingerprint density at radius 3 is 2.22 bits per heavy atom. The van der Waals surface area contributed by atoms with E-state index >= 15 is 0 Å². The first kappa shape index (κ1) is 24.9. The molecule has 0 amide bonds. The molecule has 1 atom stereocenters. The Labute approximate surface area is 209 Å². The second-order valence-corrected chi connectivity index (χ2v) is 8.46. The third-order valence-electron chi connectivity index (χ3n) is 6.06. The van der Waals surface area contributed by atoms with Gasteiger partial charge >= 0.3 is 5.97 Å². The smallest absolute Gasteiger partial charge is 0.336 e. The number of Topliss-reactive ketones (excluding diaryl/α,β-unsaturated/α-hetero) is 1. The molecule has 4 rings (SSSR count). The van der Waals surface area contributed by atoms with E-state index in [1.807, 2.05) is 61.5 Å². The first-order chi connectivity index (χ1) is 17.4. The fourth-order valence-electron chi connectivity index (χ4n) is 4.04. The van der Waals surface area contributed by atoms with Gasteiger partial charge in [0, 0.05) is 18.5 Å². The van der Waals surface area contributed by atoms with Gasteiger partial charge in [-0.2, -0.15) is 0 Å². The molecule has 0 spiro atoms. The molecule has 0 radical (unpaired) electrons. The Morgan fingerprint density at radius 2 is 1.61 bits per heavy atom. The zero-order chi connectivity index (χ0) is 25.5. The van der Waals surface area contributed by atoms with Crippen molar-refractivity contribution in [2.24, 2.45) is 0 Å². The second-order valence-electron chi connectivity index (χ2n) is 8.46. The lowest BCUT2D eigenvalue weighted by atomic mass is 9.86. The highest BCUT2D eigenvalue weighted by molar-refractivity contribution is 6.07. The zero-order valence-electron chi connectivity index (χ0n) is 20.2. The SMILES string of the molecule is CC(=O)C(NCc1ccc(OCCc2nc(-c3ccccc3)oc2C)cc1)(C(=O)O)c1ccccc1. The molecule has 0 fully saturated rings. The van der Waals surface area contributed by atoms with Gasteiger partial charge in [-0.15, -0.1) is 0 Å². The number of oxazole rings is 1. The van der Waals surface area contributed by atoms with Crippen LogP contribution in [-0.4, -0.2) is 28.4 Å². The molecule has 0 aliphatic heterocycles. The molecule has 0 saturated carbocycles. The monoisotopic (exact) mass is 484 g/mol. The van der Waals surface area contributed by atoms with Crippen LogP contribution in [-0.2, 0) is 28.1 Å². The van der Waals surface area contributed by atoms with E-state index < -0.39 is 17.3 Å². The van der Waals surface area contributed by atoms with Gasteiger partial charge in [-0.05, 0) is 49.2 Å². The summed E-state index contributed by atoms with van der Waals surface area (Å²) in [6, 6.07) is 25.6. The maximum absolute atomic E-state index is 12.4. The van der Waals surface area contributed by atoms with Gasteiger partial charge in [-0.25, -0.2) is 9.78 Å². The molecule has 3 aromatic carbocycles. The third kappa shape index (κ3) is 5.37. The van der Waals surface area contributed by atoms with Crippen LogP contribution in [0.15, 0.2) is 89.3 Å². The molecule has 1 unspecified atom stereocenters. The summed E-state index contributed by atoms with van der Waals surface area (Å²) in [5.41, 5.74) is 1.18. The van der Waals surface area contributed by atoms with Gasteiger partial charge < -0.3 is 14.3 Å². The molecule has 1 aromatic heterocycles. The third-order valence-corrected chi connectivity index (χ3v) is 6.06. The van der Waals surface area contributed by atoms with E-state index in [9.17, 15) is 14.7 Å². The van der Waals surface area contributed by atoms with Crippen LogP contribution < -0.4 is 10.1 Å². The second kappa shape index (κ2) is 11.0. The summed E-state index contributed by atoms with van der Waals surface area (Å²) in [6.07, 6.45) is 0.599. The minimum atomic E-state index is -1.81. The number of ketones is 1. The molecule has 0 saturated heterocycles. The lowest BCUT2D eigenvalue weighted by Gasteiger charge is -2.28. The Morgan fingerprint density at radius 1 is 0.972 bits per heavy atom. The number of carboxylic acid groups (broad SMARTS) is 1. The molecule has 1 heterocycles. The minimum Gasteiger partial charge on any atom is -0.493 e. The van der Waals surface area contributed by atoms with Crippen molar-refractivity contribution in [2.45, 2.75) is 32.4 Å². The highest BCUT2D eigenvalue weighted by Crippen LogP contribution is 2.25. The number of benzene rings is 3. The van der Waals surface area contributed by atoms with Gasteiger partial charge in [0.25, 0.3) is 0 Å². The van der Waals surface area contributed by atoms with Gasteiger partial charge in [0.2, 0.25) is 11.4 Å². The van der Waals surface area contributed by atoms with Gasteiger partial charge in [-0.1, -0.05) is 60.7 Å². The Hall–Kier alpha value is -4.23. The van der Waals surface area contributed by atoms with Crippen LogP contribution in [0, 0.1) is 6.92 Å². The number of nitrogens with one attached hydrogen (secondary N) is 1. The molecule has 7 heteroatoms. The van der Waals surface area contributed by atoms with Crippen LogP contribution in [0.5, 0.6) is 5.75 Å². The largest absolute Gasteiger partial charge is 0.493 e. The number of hydrogen-bond donors (Lipinski definition) is 2. The van der Waals surface area contributed by atoms with E-state index in [1.165, 1.54) is 6.92 Å². The van der Waals surface area contributed by atoms with Crippen LogP contribution in [0.3, 0.4) is 0 Å². The van der Waals surface area contributed by atoms with Gasteiger partial charge in [0.1, 0.15) is 11.5 Å². The standard InChI is InChI=1S/C29H28N2O5/c1-20-26(31-27(36-20)23-9-5-3-6-10-23)17-18-35-25-15-13-22(14-16-25)19-30-29(21(2)32,28(33)34)24-11-7-4-8-12-24/h3-16,30H,17-19H2,1-2H3,(H,33,34). The number of aliphatic carboxylic acids is 1. The molecule has 0 aliphatic rings. The van der Waals surface area contributed by atoms with Crippen LogP contribution in [0.25, 0.3) is 11.5 Å². The molecule has 36 heavy (non-hydrogen) atoms. The van der Waals surface area contributed by atoms with Crippen molar-refractivity contribution in [3.8, 4) is 17.2 Å². The molecule has 0 bridgehead atoms. The van der Waals surface area contributed by atoms with E-state index in [4.69, 9.17) is 9.15 Å². The van der Waals surface area contributed by atoms with E-state index in [-0.39, 0.29) is 6.54 Å². The molecular weight excluding hydrogens is 456 g/mol. The summed E-state index contributed by atoms with van der Waals surface area (Å²) >= 11 is 0. The van der Waals surface area contributed by atoms with Crippen molar-refractivity contribution < 1.29 is 23.8 Å². The maximum Gasteiger partial charge on any atom is 0.336 e. The average molecular weight is 485 g/mol. The number of carbonyl (C=O) groups excluding carboxylic acids is 1. The quantitative estimate of drug-likeness (QED) is 0.291. The minimum absolute atomic E-state index is 0.196. The van der Waals surface area contributed by atoms with Crippen LogP contribution in [0.4, 0.5) is 0 Å². The van der Waals surface area contributed by atoms with E-state index in [0.717, 1.165) is 22.6 Å². The van der Waals surface area contributed by atoms with Crippen molar-refractivity contribution in [3.63, 3.8) is 0 Å². The van der Waals surface area contributed by atoms with Crippen molar-refractivity contribution in [1.29, 1.82) is 0 Å². The highest BCUT2D eigenvalue weighted by Gasteiger charge is 2.44. The molecule has 184 valence electrons. The fourth-order valence-corrected chi connectivity index (χ4v) is 4.04. The molecule has 4 aromatic rings. The Kier molecular flexibility index (Phi) is 7.61. The van der Waals surface area contributed by atoms with Gasteiger partial charge in [0.05, 0.1) is 12.3 Å². The number of ether oxygens (including phenoxy) is 1. The fraction of sp³-hybridized carbons (Fsp3) is 0.207. The first-order valence-corrected chi connectivity index (χ1v) is 11.7. The van der Waals surface area contributed by atoms with Crippen LogP contribution in [0.1, 0.15) is 29.5 Å². The number of aromatic nitrogens is 1. The highest BCUT2D eigenvalue weighted by atomic mass is 16.5. The van der Waals surface area contributed by atoms with Crippen LogP contribution in [0.2, 0.25) is 0 Å². The van der Waals surface area contributed by atoms with Gasteiger partial charge in [0.15, 0.2) is 5.78 Å². The van der Waals surface area contributed by atoms with E-state index in [0.29, 0.717) is 30.2 Å². The number of nitrogens with zero attached hydrogens (tertiary/aromatic N) is 1. The summed E-state index contributed by atoms with van der Waals surface area (Å²) in [5, 5.41) is 12.9. The van der Waals surface area contributed by atoms with Crippen molar-refractivity contribution in [2.75, 3.05) is 6.61 Å². The summed E-state index contributed by atoms with van der Waals surface area (Å²) in [5.74, 6) is 0.324. The lowest BCUT2D eigenvalue weighted by Crippen LogP contribution is -2.54. The molecular formula is C29H28N2O5. The maximum atomic E-state index is 12.4. The average Bonchev–Trinajstić information content (AvgIpc) is 3.26. The molecule has 0 aliphatic carbocycles. The molecule has 7 nitrogen and oxygen atoms in total. The van der Waals surface area contributed by atoms with Gasteiger partial charge in [-0.3, -0.25) is 10.1 Å². The zero-order valence-corrected chi connectivity index (χ0v) is 20.2. The van der Waals surface area contributed by atoms with Crippen LogP contribution >= 0.6 is 0 Å². The predicted molar refractivity (Wildman–Crippen MR) is 136 cm³/mol. The summed E-state index contributed by atoms with van der Waals surface area (Å²) in [4.78, 5) is 29.2. The normalized spacial score (nSPS) is 12.6.